The molecule has 4 rings (SSSR count). The standard InChI is InChI=1S/C20H13BrF2N4O2S/c21-12-5-10-16(15(23)11-12)24-19-20(26-18-4-2-1-3-17(18)25-19)27-30(28,29)14-8-6-13(22)7-9-14/h1-11H,(H,24,25)(H,26,27). The highest BCUT2D eigenvalue weighted by Crippen LogP contribution is 2.29. The fraction of sp³-hybridized carbons (Fsp3) is 0. The lowest BCUT2D eigenvalue weighted by atomic mass is 10.3. The van der Waals surface area contributed by atoms with Crippen LogP contribution in [-0.2, 0) is 10.0 Å². The zero-order valence-electron chi connectivity index (χ0n) is 15.1. The number of sulfonamides is 1. The molecule has 30 heavy (non-hydrogen) atoms. The van der Waals surface area contributed by atoms with Gasteiger partial charge in [-0.15, -0.1) is 0 Å². The topological polar surface area (TPSA) is 84.0 Å². The second kappa shape index (κ2) is 7.96. The first-order chi connectivity index (χ1) is 14.3. The molecule has 0 aliphatic heterocycles. The molecule has 0 radical (unpaired) electrons. The highest BCUT2D eigenvalue weighted by molar-refractivity contribution is 9.10. The van der Waals surface area contributed by atoms with Gasteiger partial charge in [-0.05, 0) is 54.6 Å². The molecular weight excluding hydrogens is 478 g/mol. The van der Waals surface area contributed by atoms with Gasteiger partial charge >= 0.3 is 0 Å². The van der Waals surface area contributed by atoms with Gasteiger partial charge in [0, 0.05) is 4.47 Å². The molecule has 2 N–H and O–H groups in total. The van der Waals surface area contributed by atoms with E-state index in [0.29, 0.717) is 15.5 Å². The third-order valence-corrected chi connectivity index (χ3v) is 5.96. The fourth-order valence-corrected chi connectivity index (χ4v) is 4.02. The lowest BCUT2D eigenvalue weighted by Gasteiger charge is -2.14. The molecule has 6 nitrogen and oxygen atoms in total. The van der Waals surface area contributed by atoms with Gasteiger partial charge in [0.1, 0.15) is 11.6 Å². The number of para-hydroxylation sites is 2. The summed E-state index contributed by atoms with van der Waals surface area (Å²) in [6, 6.07) is 15.6. The Kier molecular flexibility index (Phi) is 5.35. The van der Waals surface area contributed by atoms with E-state index in [1.54, 1.807) is 30.3 Å². The van der Waals surface area contributed by atoms with Crippen molar-refractivity contribution in [3.05, 3.63) is 82.8 Å². The van der Waals surface area contributed by atoms with Crippen molar-refractivity contribution < 1.29 is 17.2 Å². The van der Waals surface area contributed by atoms with Crippen molar-refractivity contribution in [3.63, 3.8) is 0 Å². The summed E-state index contributed by atoms with van der Waals surface area (Å²) in [6.45, 7) is 0. The predicted molar refractivity (Wildman–Crippen MR) is 114 cm³/mol. The number of anilines is 3. The molecule has 0 amide bonds. The van der Waals surface area contributed by atoms with Crippen molar-refractivity contribution >= 4 is 54.3 Å². The van der Waals surface area contributed by atoms with Gasteiger partial charge in [0.2, 0.25) is 0 Å². The molecule has 152 valence electrons. The fourth-order valence-electron chi connectivity index (χ4n) is 2.68. The van der Waals surface area contributed by atoms with Crippen molar-refractivity contribution in [2.45, 2.75) is 4.90 Å². The minimum atomic E-state index is -4.09. The van der Waals surface area contributed by atoms with Crippen molar-refractivity contribution in [3.8, 4) is 0 Å². The number of rotatable bonds is 5. The number of nitrogens with one attached hydrogen (secondary N) is 2. The summed E-state index contributed by atoms with van der Waals surface area (Å²) in [5.74, 6) is -1.24. The highest BCUT2D eigenvalue weighted by atomic mass is 79.9. The molecular formula is C20H13BrF2N4O2S. The second-order valence-electron chi connectivity index (χ2n) is 6.22. The molecule has 0 atom stereocenters. The van der Waals surface area contributed by atoms with Gasteiger partial charge in [0.25, 0.3) is 10.0 Å². The molecule has 1 aromatic heterocycles. The van der Waals surface area contributed by atoms with Gasteiger partial charge < -0.3 is 5.32 Å². The number of hydrogen-bond donors (Lipinski definition) is 2. The first-order valence-electron chi connectivity index (χ1n) is 8.59. The van der Waals surface area contributed by atoms with E-state index >= 15 is 0 Å². The van der Waals surface area contributed by atoms with Crippen LogP contribution in [0.5, 0.6) is 0 Å². The summed E-state index contributed by atoms with van der Waals surface area (Å²) in [5, 5.41) is 2.79. The van der Waals surface area contributed by atoms with Crippen molar-refractivity contribution in [2.75, 3.05) is 10.0 Å². The average molecular weight is 491 g/mol. The molecule has 0 bridgehead atoms. The molecule has 3 aromatic carbocycles. The Morgan fingerprint density at radius 2 is 1.47 bits per heavy atom. The summed E-state index contributed by atoms with van der Waals surface area (Å²) < 4.78 is 55.9. The molecule has 0 saturated carbocycles. The maximum Gasteiger partial charge on any atom is 0.263 e. The predicted octanol–water partition coefficient (Wildman–Crippen LogP) is 5.21. The van der Waals surface area contributed by atoms with Crippen LogP contribution in [0.4, 0.5) is 26.1 Å². The largest absolute Gasteiger partial charge is 0.335 e. The molecule has 0 aliphatic carbocycles. The van der Waals surface area contributed by atoms with Crippen LogP contribution in [0.1, 0.15) is 0 Å². The van der Waals surface area contributed by atoms with E-state index in [9.17, 15) is 17.2 Å². The minimum absolute atomic E-state index is 0.0145. The Morgan fingerprint density at radius 1 is 0.833 bits per heavy atom. The molecule has 0 unspecified atom stereocenters. The van der Waals surface area contributed by atoms with Crippen LogP contribution in [0.3, 0.4) is 0 Å². The number of nitrogens with zero attached hydrogens (tertiary/aromatic N) is 2. The number of hydrogen-bond acceptors (Lipinski definition) is 5. The number of aromatic nitrogens is 2. The van der Waals surface area contributed by atoms with E-state index in [1.807, 2.05) is 0 Å². The smallest absolute Gasteiger partial charge is 0.263 e. The Morgan fingerprint density at radius 3 is 2.10 bits per heavy atom. The Hall–Kier alpha value is -3.11. The monoisotopic (exact) mass is 490 g/mol. The Bertz CT molecular complexity index is 1350. The van der Waals surface area contributed by atoms with Gasteiger partial charge in [-0.1, -0.05) is 28.1 Å². The normalized spacial score (nSPS) is 11.4. The van der Waals surface area contributed by atoms with E-state index in [-0.39, 0.29) is 22.2 Å². The number of benzene rings is 3. The SMILES string of the molecule is O=S(=O)(Nc1nc2ccccc2nc1Nc1ccc(Br)cc1F)c1ccc(F)cc1. The van der Waals surface area contributed by atoms with Gasteiger partial charge in [0.15, 0.2) is 11.6 Å². The minimum Gasteiger partial charge on any atom is -0.335 e. The van der Waals surface area contributed by atoms with E-state index in [2.05, 4.69) is 35.9 Å². The first kappa shape index (κ1) is 20.2. The van der Waals surface area contributed by atoms with Crippen LogP contribution in [0.25, 0.3) is 11.0 Å². The third kappa shape index (κ3) is 4.24. The van der Waals surface area contributed by atoms with Crippen LogP contribution >= 0.6 is 15.9 Å². The molecule has 1 heterocycles. The van der Waals surface area contributed by atoms with E-state index in [1.165, 1.54) is 12.1 Å². The summed E-state index contributed by atoms with van der Waals surface area (Å²) >= 11 is 3.19. The molecule has 4 aromatic rings. The molecule has 0 fully saturated rings. The van der Waals surface area contributed by atoms with Gasteiger partial charge in [0.05, 0.1) is 21.6 Å². The highest BCUT2D eigenvalue weighted by Gasteiger charge is 2.19. The summed E-state index contributed by atoms with van der Waals surface area (Å²) in [6.07, 6.45) is 0. The van der Waals surface area contributed by atoms with Gasteiger partial charge in [-0.2, -0.15) is 0 Å². The molecule has 0 spiro atoms. The van der Waals surface area contributed by atoms with E-state index < -0.39 is 21.7 Å². The maximum absolute atomic E-state index is 14.3. The van der Waals surface area contributed by atoms with Crippen molar-refractivity contribution in [2.24, 2.45) is 0 Å². The zero-order valence-corrected chi connectivity index (χ0v) is 17.5. The van der Waals surface area contributed by atoms with Gasteiger partial charge in [-0.3, -0.25) is 4.72 Å². The second-order valence-corrected chi connectivity index (χ2v) is 8.82. The van der Waals surface area contributed by atoms with Crippen molar-refractivity contribution in [1.82, 2.24) is 9.97 Å². The average Bonchev–Trinajstić information content (AvgIpc) is 2.70. The van der Waals surface area contributed by atoms with Crippen LogP contribution in [-0.4, -0.2) is 18.4 Å². The van der Waals surface area contributed by atoms with Crippen LogP contribution in [0.15, 0.2) is 76.1 Å². The van der Waals surface area contributed by atoms with E-state index in [0.717, 1.165) is 24.3 Å². The third-order valence-electron chi connectivity index (χ3n) is 4.11. The lowest BCUT2D eigenvalue weighted by Crippen LogP contribution is -2.16. The Balaban J connectivity index is 1.79. The Labute approximate surface area is 179 Å². The number of fused-ring (bicyclic) bond motifs is 1. The molecule has 0 saturated heterocycles. The maximum atomic E-state index is 14.3. The summed E-state index contributed by atoms with van der Waals surface area (Å²) in [7, 11) is -4.09. The van der Waals surface area contributed by atoms with E-state index in [4.69, 9.17) is 0 Å². The molecule has 10 heteroatoms. The lowest BCUT2D eigenvalue weighted by molar-refractivity contribution is 0.599. The number of halogens is 3. The molecule has 0 aliphatic rings. The van der Waals surface area contributed by atoms with Crippen molar-refractivity contribution in [1.29, 1.82) is 0 Å². The summed E-state index contributed by atoms with van der Waals surface area (Å²) in [4.78, 5) is 8.56. The van der Waals surface area contributed by atoms with Crippen LogP contribution in [0.2, 0.25) is 0 Å². The van der Waals surface area contributed by atoms with Crippen LogP contribution < -0.4 is 10.0 Å². The quantitative estimate of drug-likeness (QED) is 0.400. The van der Waals surface area contributed by atoms with Gasteiger partial charge in [-0.25, -0.2) is 27.2 Å². The van der Waals surface area contributed by atoms with Crippen LogP contribution in [0, 0.1) is 11.6 Å². The first-order valence-corrected chi connectivity index (χ1v) is 10.9. The summed E-state index contributed by atoms with van der Waals surface area (Å²) in [5.41, 5.74) is 1.02. The zero-order chi connectivity index (χ0) is 21.3.